The van der Waals surface area contributed by atoms with Gasteiger partial charge in [0.1, 0.15) is 5.15 Å². The highest BCUT2D eigenvalue weighted by molar-refractivity contribution is 7.10. The Bertz CT molecular complexity index is 439. The van der Waals surface area contributed by atoms with Crippen LogP contribution >= 0.6 is 34.5 Å². The molecule has 0 unspecified atom stereocenters. The molecule has 1 N–H and O–H groups in total. The minimum absolute atomic E-state index is 0.500. The summed E-state index contributed by atoms with van der Waals surface area (Å²) >= 11 is 13.1. The number of hydrogen-bond donors (Lipinski definition) is 1. The van der Waals surface area contributed by atoms with Gasteiger partial charge in [-0.05, 0) is 18.2 Å². The van der Waals surface area contributed by atoms with Gasteiger partial charge in [0.2, 0.25) is 0 Å². The normalized spacial score (nSPS) is 10.3. The fourth-order valence-electron chi connectivity index (χ4n) is 1.12. The number of anilines is 1. The van der Waals surface area contributed by atoms with Gasteiger partial charge in [-0.25, -0.2) is 4.98 Å². The average Bonchev–Trinajstić information content (AvgIpc) is 2.64. The number of rotatable bonds is 3. The third-order valence-corrected chi connectivity index (χ3v) is 3.32. The van der Waals surface area contributed by atoms with Gasteiger partial charge in [-0.1, -0.05) is 23.2 Å². The van der Waals surface area contributed by atoms with Crippen LogP contribution in [0.15, 0.2) is 29.8 Å². The van der Waals surface area contributed by atoms with Crippen molar-refractivity contribution in [3.05, 3.63) is 44.8 Å². The first-order valence-electron chi connectivity index (χ1n) is 4.32. The molecule has 0 spiro atoms. The van der Waals surface area contributed by atoms with Crippen LogP contribution in [0.1, 0.15) is 4.88 Å². The molecular formula is C10H8Cl2N2S. The number of hydrogen-bond acceptors (Lipinski definition) is 3. The number of thiophene rings is 1. The second-order valence-electron chi connectivity index (χ2n) is 2.95. The summed E-state index contributed by atoms with van der Waals surface area (Å²) in [7, 11) is 0. The van der Waals surface area contributed by atoms with Crippen LogP contribution in [0.5, 0.6) is 0 Å². The van der Waals surface area contributed by atoms with Crippen molar-refractivity contribution in [2.45, 2.75) is 6.54 Å². The van der Waals surface area contributed by atoms with Crippen LogP contribution in [0.4, 0.5) is 5.69 Å². The van der Waals surface area contributed by atoms with Gasteiger partial charge < -0.3 is 5.32 Å². The highest BCUT2D eigenvalue weighted by atomic mass is 35.5. The van der Waals surface area contributed by atoms with Crippen LogP contribution in [-0.2, 0) is 6.54 Å². The molecule has 0 aliphatic heterocycles. The molecule has 0 atom stereocenters. The van der Waals surface area contributed by atoms with Crippen LogP contribution in [0, 0.1) is 0 Å². The fourth-order valence-corrected chi connectivity index (χ4v) is 2.24. The number of aromatic nitrogens is 1. The van der Waals surface area contributed by atoms with E-state index in [9.17, 15) is 0 Å². The maximum absolute atomic E-state index is 5.82. The lowest BCUT2D eigenvalue weighted by Gasteiger charge is -2.03. The zero-order valence-electron chi connectivity index (χ0n) is 7.71. The third-order valence-electron chi connectivity index (χ3n) is 1.82. The lowest BCUT2D eigenvalue weighted by atomic mass is 10.4. The molecule has 5 heteroatoms. The summed E-state index contributed by atoms with van der Waals surface area (Å²) in [4.78, 5) is 5.17. The molecule has 0 aromatic carbocycles. The monoisotopic (exact) mass is 258 g/mol. The van der Waals surface area contributed by atoms with Gasteiger partial charge in [-0.2, -0.15) is 0 Å². The number of pyridine rings is 1. The zero-order valence-corrected chi connectivity index (χ0v) is 10.0. The Kier molecular flexibility index (Phi) is 3.46. The molecule has 0 saturated heterocycles. The van der Waals surface area contributed by atoms with E-state index in [1.807, 2.05) is 17.5 Å². The topological polar surface area (TPSA) is 24.9 Å². The molecule has 78 valence electrons. The van der Waals surface area contributed by atoms with Gasteiger partial charge >= 0.3 is 0 Å². The van der Waals surface area contributed by atoms with Crippen molar-refractivity contribution in [1.29, 1.82) is 0 Å². The van der Waals surface area contributed by atoms with Crippen molar-refractivity contribution in [2.24, 2.45) is 0 Å². The van der Waals surface area contributed by atoms with Gasteiger partial charge in [-0.15, -0.1) is 11.3 Å². The van der Waals surface area contributed by atoms with Gasteiger partial charge in [0.05, 0.1) is 16.9 Å². The average molecular weight is 259 g/mol. The smallest absolute Gasteiger partial charge is 0.129 e. The van der Waals surface area contributed by atoms with Gasteiger partial charge in [-0.3, -0.25) is 0 Å². The van der Waals surface area contributed by atoms with Crippen molar-refractivity contribution >= 4 is 40.2 Å². The maximum atomic E-state index is 5.82. The van der Waals surface area contributed by atoms with Crippen LogP contribution in [-0.4, -0.2) is 4.98 Å². The van der Waals surface area contributed by atoms with Gasteiger partial charge in [0, 0.05) is 16.8 Å². The summed E-state index contributed by atoms with van der Waals surface area (Å²) in [6.07, 6.45) is 1.71. The van der Waals surface area contributed by atoms with Gasteiger partial charge in [0.25, 0.3) is 0 Å². The maximum Gasteiger partial charge on any atom is 0.129 e. The lowest BCUT2D eigenvalue weighted by molar-refractivity contribution is 1.17. The summed E-state index contributed by atoms with van der Waals surface area (Å²) in [5.41, 5.74) is 0.948. The molecule has 0 saturated carbocycles. The van der Waals surface area contributed by atoms with Crippen LogP contribution in [0.2, 0.25) is 10.2 Å². The Hall–Kier alpha value is -0.770. The number of halogens is 2. The van der Waals surface area contributed by atoms with E-state index in [2.05, 4.69) is 10.3 Å². The molecule has 0 bridgehead atoms. The third kappa shape index (κ3) is 3.09. The van der Waals surface area contributed by atoms with E-state index in [0.29, 0.717) is 5.15 Å². The molecule has 2 aromatic heterocycles. The zero-order chi connectivity index (χ0) is 10.7. The second-order valence-corrected chi connectivity index (χ2v) is 4.77. The largest absolute Gasteiger partial charge is 0.379 e. The van der Waals surface area contributed by atoms with Crippen LogP contribution in [0.25, 0.3) is 0 Å². The first kappa shape index (κ1) is 10.7. The summed E-state index contributed by atoms with van der Waals surface area (Å²) in [5.74, 6) is 0. The first-order chi connectivity index (χ1) is 7.24. The van der Waals surface area contributed by atoms with E-state index in [-0.39, 0.29) is 0 Å². The highest BCUT2D eigenvalue weighted by Crippen LogP contribution is 2.20. The minimum Gasteiger partial charge on any atom is -0.379 e. The Morgan fingerprint density at radius 2 is 2.20 bits per heavy atom. The van der Waals surface area contributed by atoms with Crippen molar-refractivity contribution in [1.82, 2.24) is 4.98 Å². The Labute approximate surface area is 102 Å². The summed E-state index contributed by atoms with van der Waals surface area (Å²) in [6, 6.07) is 5.60. The second kappa shape index (κ2) is 4.84. The van der Waals surface area contributed by atoms with E-state index in [4.69, 9.17) is 23.2 Å². The van der Waals surface area contributed by atoms with Crippen molar-refractivity contribution in [3.63, 3.8) is 0 Å². The molecular weight excluding hydrogens is 251 g/mol. The quantitative estimate of drug-likeness (QED) is 0.840. The van der Waals surface area contributed by atoms with E-state index in [1.54, 1.807) is 23.6 Å². The van der Waals surface area contributed by atoms with E-state index in [0.717, 1.165) is 17.3 Å². The van der Waals surface area contributed by atoms with Crippen molar-refractivity contribution < 1.29 is 0 Å². The van der Waals surface area contributed by atoms with E-state index < -0.39 is 0 Å². The fraction of sp³-hybridized carbons (Fsp3) is 0.100. The van der Waals surface area contributed by atoms with Crippen LogP contribution < -0.4 is 5.32 Å². The predicted molar refractivity (Wildman–Crippen MR) is 65.9 cm³/mol. The highest BCUT2D eigenvalue weighted by Gasteiger charge is 1.98. The molecule has 0 fully saturated rings. The first-order valence-corrected chi connectivity index (χ1v) is 5.96. The Morgan fingerprint density at radius 3 is 2.80 bits per heavy atom. The molecule has 0 amide bonds. The predicted octanol–water partition coefficient (Wildman–Crippen LogP) is 4.06. The molecule has 2 rings (SSSR count). The SMILES string of the molecule is Clc1csc(CNc2ccc(Cl)nc2)c1. The standard InChI is InChI=1S/C10H8Cl2N2S/c11-7-3-9(15-6-7)5-13-8-1-2-10(12)14-4-8/h1-4,6,13H,5H2. The molecule has 2 aromatic rings. The number of nitrogens with zero attached hydrogens (tertiary/aromatic N) is 1. The molecule has 2 nitrogen and oxygen atoms in total. The van der Waals surface area contributed by atoms with E-state index in [1.165, 1.54) is 4.88 Å². The minimum atomic E-state index is 0.500. The van der Waals surface area contributed by atoms with Crippen molar-refractivity contribution in [2.75, 3.05) is 5.32 Å². The summed E-state index contributed by atoms with van der Waals surface area (Å²) in [5, 5.41) is 6.43. The van der Waals surface area contributed by atoms with Crippen LogP contribution in [0.3, 0.4) is 0 Å². The van der Waals surface area contributed by atoms with Crippen molar-refractivity contribution in [3.8, 4) is 0 Å². The summed E-state index contributed by atoms with van der Waals surface area (Å²) < 4.78 is 0. The molecule has 15 heavy (non-hydrogen) atoms. The Morgan fingerprint density at radius 1 is 1.33 bits per heavy atom. The van der Waals surface area contributed by atoms with E-state index >= 15 is 0 Å². The Balaban J connectivity index is 1.96. The number of nitrogens with one attached hydrogen (secondary N) is 1. The lowest BCUT2D eigenvalue weighted by Crippen LogP contribution is -1.97. The molecule has 0 aliphatic rings. The molecule has 0 radical (unpaired) electrons. The molecule has 2 heterocycles. The summed E-state index contributed by atoms with van der Waals surface area (Å²) in [6.45, 7) is 0.751. The van der Waals surface area contributed by atoms with Gasteiger partial charge in [0.15, 0.2) is 0 Å². The molecule has 0 aliphatic carbocycles.